The second-order valence-corrected chi connectivity index (χ2v) is 3.74. The van der Waals surface area contributed by atoms with E-state index in [9.17, 15) is 31.1 Å². The Bertz CT molecular complexity index is 314. The van der Waals surface area contributed by atoms with Crippen molar-refractivity contribution >= 4 is 12.3 Å². The van der Waals surface area contributed by atoms with Crippen LogP contribution in [0.3, 0.4) is 0 Å². The van der Waals surface area contributed by atoms with Gasteiger partial charge in [0.15, 0.2) is 6.40 Å². The molecule has 1 N–H and O–H groups in total. The predicted octanol–water partition coefficient (Wildman–Crippen LogP) is 2.79. The van der Waals surface area contributed by atoms with Crippen LogP contribution in [0.15, 0.2) is 4.99 Å². The van der Waals surface area contributed by atoms with Crippen molar-refractivity contribution in [2.45, 2.75) is 38.2 Å². The average Bonchev–Trinajstić information content (AvgIpc) is 2.28. The molecule has 0 aliphatic rings. The highest BCUT2D eigenvalue weighted by molar-refractivity contribution is 5.81. The Morgan fingerprint density at radius 3 is 2.20 bits per heavy atom. The summed E-state index contributed by atoms with van der Waals surface area (Å²) in [5.74, 6) is -1.98. The Morgan fingerprint density at radius 1 is 1.05 bits per heavy atom. The summed E-state index contributed by atoms with van der Waals surface area (Å²) in [5, 5.41) is 1.71. The fourth-order valence-corrected chi connectivity index (χ4v) is 1.13. The van der Waals surface area contributed by atoms with E-state index in [1.54, 1.807) is 5.32 Å². The molecule has 0 fully saturated rings. The van der Waals surface area contributed by atoms with Gasteiger partial charge in [0, 0.05) is 13.1 Å². The van der Waals surface area contributed by atoms with Gasteiger partial charge >= 0.3 is 18.4 Å². The Kier molecular flexibility index (Phi) is 8.00. The number of ether oxygens (including phenoxy) is 1. The van der Waals surface area contributed by atoms with E-state index in [1.165, 1.54) is 0 Å². The lowest BCUT2D eigenvalue weighted by molar-refractivity contribution is -0.280. The van der Waals surface area contributed by atoms with E-state index in [0.717, 1.165) is 0 Å². The molecule has 0 saturated carbocycles. The zero-order valence-corrected chi connectivity index (χ0v) is 10.4. The van der Waals surface area contributed by atoms with Gasteiger partial charge in [0.1, 0.15) is 0 Å². The number of halogens is 6. The van der Waals surface area contributed by atoms with Gasteiger partial charge in [-0.05, 0) is 12.8 Å². The maximum absolute atomic E-state index is 11.8. The SMILES string of the molecule is O=C(NCCCCCCN=COC(F)(F)F)C(F)(F)F. The summed E-state index contributed by atoms with van der Waals surface area (Å²) in [6.07, 6.45) is -7.38. The van der Waals surface area contributed by atoms with Crippen molar-refractivity contribution in [2.75, 3.05) is 13.1 Å². The van der Waals surface area contributed by atoms with Crippen LogP contribution in [-0.2, 0) is 9.53 Å². The number of amides is 1. The second kappa shape index (κ2) is 8.64. The number of hydrogen-bond donors (Lipinski definition) is 1. The number of rotatable bonds is 8. The average molecular weight is 308 g/mol. The maximum Gasteiger partial charge on any atom is 0.573 e. The highest BCUT2D eigenvalue weighted by Crippen LogP contribution is 2.14. The fraction of sp³-hybridized carbons (Fsp3) is 0.800. The lowest BCUT2D eigenvalue weighted by Gasteiger charge is -2.07. The van der Waals surface area contributed by atoms with Gasteiger partial charge in [0.25, 0.3) is 0 Å². The number of unbranched alkanes of at least 4 members (excludes halogenated alkanes) is 3. The van der Waals surface area contributed by atoms with E-state index in [4.69, 9.17) is 0 Å². The molecule has 0 atom stereocenters. The van der Waals surface area contributed by atoms with E-state index in [0.29, 0.717) is 32.1 Å². The summed E-state index contributed by atoms with van der Waals surface area (Å²) in [7, 11) is 0. The van der Waals surface area contributed by atoms with Crippen LogP contribution in [-0.4, -0.2) is 37.9 Å². The third-order valence-corrected chi connectivity index (χ3v) is 2.02. The van der Waals surface area contributed by atoms with Crippen molar-refractivity contribution in [3.8, 4) is 0 Å². The van der Waals surface area contributed by atoms with Crippen molar-refractivity contribution in [3.05, 3.63) is 0 Å². The predicted molar refractivity (Wildman–Crippen MR) is 58.0 cm³/mol. The molecule has 0 aromatic heterocycles. The summed E-state index contributed by atoms with van der Waals surface area (Å²) in [6, 6.07) is 0. The van der Waals surface area contributed by atoms with E-state index < -0.39 is 18.4 Å². The molecule has 1 amide bonds. The van der Waals surface area contributed by atoms with Crippen LogP contribution in [0.25, 0.3) is 0 Å². The quantitative estimate of drug-likeness (QED) is 0.324. The molecule has 4 nitrogen and oxygen atoms in total. The minimum Gasteiger partial charge on any atom is -0.395 e. The Morgan fingerprint density at radius 2 is 1.65 bits per heavy atom. The van der Waals surface area contributed by atoms with Crippen LogP contribution in [0.5, 0.6) is 0 Å². The second-order valence-electron chi connectivity index (χ2n) is 3.74. The standard InChI is InChI=1S/C10H14F6N2O2/c11-9(12,13)8(19)18-6-4-2-1-3-5-17-7-20-10(14,15)16/h7H,1-6H2,(H,18,19). The van der Waals surface area contributed by atoms with Gasteiger partial charge in [0.2, 0.25) is 0 Å². The summed E-state index contributed by atoms with van der Waals surface area (Å²) < 4.78 is 73.0. The highest BCUT2D eigenvalue weighted by atomic mass is 19.4. The molecular formula is C10H14F6N2O2. The molecule has 0 bridgehead atoms. The first-order valence-corrected chi connectivity index (χ1v) is 5.71. The molecule has 20 heavy (non-hydrogen) atoms. The van der Waals surface area contributed by atoms with Gasteiger partial charge in [-0.15, -0.1) is 13.2 Å². The van der Waals surface area contributed by atoms with Crippen molar-refractivity contribution in [1.29, 1.82) is 0 Å². The molecule has 0 aromatic carbocycles. The van der Waals surface area contributed by atoms with Gasteiger partial charge in [-0.3, -0.25) is 9.79 Å². The lowest BCUT2D eigenvalue weighted by Crippen LogP contribution is -2.37. The van der Waals surface area contributed by atoms with Crippen molar-refractivity contribution < 1.29 is 35.9 Å². The maximum atomic E-state index is 11.8. The van der Waals surface area contributed by atoms with Crippen molar-refractivity contribution in [2.24, 2.45) is 4.99 Å². The molecule has 0 heterocycles. The van der Waals surface area contributed by atoms with Crippen LogP contribution in [0.1, 0.15) is 25.7 Å². The Balaban J connectivity index is 3.40. The first-order valence-electron chi connectivity index (χ1n) is 5.71. The molecule has 0 saturated heterocycles. The number of nitrogens with one attached hydrogen (secondary N) is 1. The van der Waals surface area contributed by atoms with Crippen LogP contribution >= 0.6 is 0 Å². The molecule has 0 radical (unpaired) electrons. The molecule has 0 rings (SSSR count). The third-order valence-electron chi connectivity index (χ3n) is 2.02. The summed E-state index contributed by atoms with van der Waals surface area (Å²) in [4.78, 5) is 13.7. The summed E-state index contributed by atoms with van der Waals surface area (Å²) >= 11 is 0. The number of carbonyl (C=O) groups is 1. The van der Waals surface area contributed by atoms with E-state index in [1.807, 2.05) is 0 Å². The summed E-state index contributed by atoms with van der Waals surface area (Å²) in [6.45, 7) is 0.0315. The summed E-state index contributed by atoms with van der Waals surface area (Å²) in [5.41, 5.74) is 0. The molecule has 0 aromatic rings. The number of aliphatic imine (C=N–C) groups is 1. The van der Waals surface area contributed by atoms with Gasteiger partial charge < -0.3 is 10.1 Å². The molecule has 10 heteroatoms. The normalized spacial score (nSPS) is 12.7. The fourth-order valence-electron chi connectivity index (χ4n) is 1.13. The molecule has 0 aliphatic heterocycles. The van der Waals surface area contributed by atoms with Crippen molar-refractivity contribution in [1.82, 2.24) is 5.32 Å². The topological polar surface area (TPSA) is 50.7 Å². The van der Waals surface area contributed by atoms with E-state index in [-0.39, 0.29) is 13.1 Å². The molecule has 0 spiro atoms. The van der Waals surface area contributed by atoms with Crippen LogP contribution in [0, 0.1) is 0 Å². The number of hydrogen-bond acceptors (Lipinski definition) is 3. The number of carbonyl (C=O) groups excluding carboxylic acids is 1. The number of alkyl halides is 6. The van der Waals surface area contributed by atoms with Gasteiger partial charge in [-0.1, -0.05) is 12.8 Å². The molecule has 0 unspecified atom stereocenters. The van der Waals surface area contributed by atoms with E-state index >= 15 is 0 Å². The van der Waals surface area contributed by atoms with Gasteiger partial charge in [0.05, 0.1) is 0 Å². The third kappa shape index (κ3) is 11.6. The molecule has 118 valence electrons. The molecular weight excluding hydrogens is 294 g/mol. The molecule has 0 aliphatic carbocycles. The van der Waals surface area contributed by atoms with Gasteiger partial charge in [-0.2, -0.15) is 13.2 Å². The van der Waals surface area contributed by atoms with Crippen LogP contribution < -0.4 is 5.32 Å². The first kappa shape index (κ1) is 18.5. The van der Waals surface area contributed by atoms with Crippen LogP contribution in [0.4, 0.5) is 26.3 Å². The number of nitrogens with zero attached hydrogens (tertiary/aromatic N) is 1. The highest BCUT2D eigenvalue weighted by Gasteiger charge is 2.38. The minimum absolute atomic E-state index is 0.0984. The lowest BCUT2D eigenvalue weighted by atomic mass is 10.2. The first-order chi connectivity index (χ1) is 9.13. The zero-order valence-electron chi connectivity index (χ0n) is 10.4. The van der Waals surface area contributed by atoms with Crippen LogP contribution in [0.2, 0.25) is 0 Å². The Labute approximate surface area is 111 Å². The van der Waals surface area contributed by atoms with Gasteiger partial charge in [-0.25, -0.2) is 0 Å². The minimum atomic E-state index is -4.88. The Hall–Kier alpha value is -1.48. The largest absolute Gasteiger partial charge is 0.573 e. The van der Waals surface area contributed by atoms with E-state index in [2.05, 4.69) is 9.73 Å². The monoisotopic (exact) mass is 308 g/mol. The zero-order chi connectivity index (χ0) is 15.6. The van der Waals surface area contributed by atoms with Crippen molar-refractivity contribution in [3.63, 3.8) is 0 Å². The smallest absolute Gasteiger partial charge is 0.395 e.